The van der Waals surface area contributed by atoms with Gasteiger partial charge >= 0.3 is 11.8 Å². The van der Waals surface area contributed by atoms with Crippen LogP contribution in [0.5, 0.6) is 5.75 Å². The minimum atomic E-state index is -0.901. The Bertz CT molecular complexity index is 751. The number of nitrogens with one attached hydrogen (secondary N) is 2. The number of anilines is 2. The second-order valence-electron chi connectivity index (χ2n) is 5.22. The molecule has 0 saturated carbocycles. The van der Waals surface area contributed by atoms with E-state index in [9.17, 15) is 14.0 Å². The van der Waals surface area contributed by atoms with Gasteiger partial charge in [-0.05, 0) is 34.0 Å². The summed E-state index contributed by atoms with van der Waals surface area (Å²) < 4.78 is 19.6. The molecular weight excluding hydrogens is 401 g/mol. The molecule has 24 heavy (non-hydrogen) atoms. The summed E-state index contributed by atoms with van der Waals surface area (Å²) >= 11 is 4.39. The lowest BCUT2D eigenvalue weighted by Crippen LogP contribution is -2.29. The Labute approximate surface area is 150 Å². The molecule has 1 aromatic heterocycles. The van der Waals surface area contributed by atoms with E-state index in [1.807, 2.05) is 13.8 Å². The Morgan fingerprint density at radius 2 is 2.04 bits per heavy atom. The van der Waals surface area contributed by atoms with Gasteiger partial charge in [0.1, 0.15) is 11.6 Å². The van der Waals surface area contributed by atoms with E-state index in [2.05, 4.69) is 31.5 Å². The number of hydrogen-bond donors (Lipinski definition) is 2. The van der Waals surface area contributed by atoms with Gasteiger partial charge in [-0.25, -0.2) is 9.37 Å². The van der Waals surface area contributed by atoms with Crippen LogP contribution in [0.15, 0.2) is 28.2 Å². The van der Waals surface area contributed by atoms with Crippen LogP contribution in [0.4, 0.5) is 15.2 Å². The highest BCUT2D eigenvalue weighted by Gasteiger charge is 2.18. The van der Waals surface area contributed by atoms with E-state index in [0.29, 0.717) is 6.61 Å². The number of aromatic nitrogens is 1. The van der Waals surface area contributed by atoms with E-state index in [1.165, 1.54) is 29.7 Å². The zero-order valence-corrected chi connectivity index (χ0v) is 15.3. The number of amides is 2. The third-order valence-corrected chi connectivity index (χ3v) is 4.06. The van der Waals surface area contributed by atoms with E-state index >= 15 is 0 Å². The fraction of sp³-hybridized carbons (Fsp3) is 0.267. The predicted octanol–water partition coefficient (Wildman–Crippen LogP) is 3.66. The summed E-state index contributed by atoms with van der Waals surface area (Å²) in [6.07, 6.45) is 1.51. The largest absolute Gasteiger partial charge is 0.491 e. The molecule has 0 spiro atoms. The van der Waals surface area contributed by atoms with Crippen molar-refractivity contribution in [3.8, 4) is 5.75 Å². The molecule has 0 saturated heterocycles. The molecule has 1 heterocycles. The van der Waals surface area contributed by atoms with Crippen molar-refractivity contribution in [3.63, 3.8) is 0 Å². The second kappa shape index (κ2) is 8.20. The Hall–Kier alpha value is -2.00. The molecular formula is C15H15BrFN3O3S. The van der Waals surface area contributed by atoms with E-state index in [4.69, 9.17) is 4.74 Å². The highest BCUT2D eigenvalue weighted by molar-refractivity contribution is 9.11. The zero-order chi connectivity index (χ0) is 17.7. The summed E-state index contributed by atoms with van der Waals surface area (Å²) in [5, 5.41) is 5.08. The molecule has 6 nitrogen and oxygen atoms in total. The van der Waals surface area contributed by atoms with Crippen molar-refractivity contribution < 1.29 is 18.7 Å². The predicted molar refractivity (Wildman–Crippen MR) is 93.8 cm³/mol. The quantitative estimate of drug-likeness (QED) is 0.730. The third kappa shape index (κ3) is 5.27. The molecule has 128 valence electrons. The first kappa shape index (κ1) is 18.3. The van der Waals surface area contributed by atoms with Crippen LogP contribution in [0, 0.1) is 11.7 Å². The first-order valence-corrected chi connectivity index (χ1v) is 8.62. The van der Waals surface area contributed by atoms with Crippen molar-refractivity contribution in [2.45, 2.75) is 13.8 Å². The summed E-state index contributed by atoms with van der Waals surface area (Å²) in [7, 11) is 0. The lowest BCUT2D eigenvalue weighted by Gasteiger charge is -2.13. The van der Waals surface area contributed by atoms with E-state index in [0.717, 1.165) is 9.85 Å². The topological polar surface area (TPSA) is 80.3 Å². The lowest BCUT2D eigenvalue weighted by molar-refractivity contribution is -0.133. The number of nitrogens with zero attached hydrogens (tertiary/aromatic N) is 1. The Morgan fingerprint density at radius 1 is 1.33 bits per heavy atom. The summed E-state index contributed by atoms with van der Waals surface area (Å²) in [4.78, 5) is 27.8. The first-order chi connectivity index (χ1) is 11.3. The Morgan fingerprint density at radius 3 is 2.67 bits per heavy atom. The van der Waals surface area contributed by atoms with Crippen LogP contribution in [-0.4, -0.2) is 23.4 Å². The van der Waals surface area contributed by atoms with Crippen LogP contribution in [-0.2, 0) is 9.59 Å². The van der Waals surface area contributed by atoms with Gasteiger partial charge in [-0.15, -0.1) is 0 Å². The van der Waals surface area contributed by atoms with Gasteiger partial charge in [0.2, 0.25) is 0 Å². The van der Waals surface area contributed by atoms with Crippen molar-refractivity contribution in [1.29, 1.82) is 0 Å². The highest BCUT2D eigenvalue weighted by Crippen LogP contribution is 2.26. The van der Waals surface area contributed by atoms with Crippen molar-refractivity contribution in [2.75, 3.05) is 17.2 Å². The zero-order valence-electron chi connectivity index (χ0n) is 12.9. The lowest BCUT2D eigenvalue weighted by atomic mass is 10.2. The number of halogens is 2. The molecule has 0 aliphatic heterocycles. The minimum absolute atomic E-state index is 0.168. The number of carbonyl (C=O) groups excluding carboxylic acids is 2. The average Bonchev–Trinajstić information content (AvgIpc) is 2.92. The number of carbonyl (C=O) groups is 2. The Kier molecular flexibility index (Phi) is 6.27. The Balaban J connectivity index is 2.05. The van der Waals surface area contributed by atoms with Gasteiger partial charge in [-0.2, -0.15) is 0 Å². The molecule has 0 radical (unpaired) electrons. The fourth-order valence-corrected chi connectivity index (χ4v) is 2.72. The molecule has 9 heteroatoms. The number of hydrogen-bond acceptors (Lipinski definition) is 5. The molecule has 0 aliphatic rings. The van der Waals surface area contributed by atoms with Gasteiger partial charge in [0.05, 0.1) is 22.3 Å². The van der Waals surface area contributed by atoms with Gasteiger partial charge in [0.15, 0.2) is 5.13 Å². The molecule has 0 fully saturated rings. The minimum Gasteiger partial charge on any atom is -0.491 e. The second-order valence-corrected chi connectivity index (χ2v) is 7.63. The van der Waals surface area contributed by atoms with Gasteiger partial charge < -0.3 is 10.1 Å². The van der Waals surface area contributed by atoms with Crippen LogP contribution < -0.4 is 15.4 Å². The van der Waals surface area contributed by atoms with Crippen LogP contribution in [0.25, 0.3) is 0 Å². The monoisotopic (exact) mass is 415 g/mol. The standard InChI is InChI=1S/C15H15BrFN3O3S/c1-8(2)7-23-11-5-9(17)3-4-10(11)19-13(21)14(22)20-15-18-6-12(16)24-15/h3-6,8H,7H2,1-2H3,(H,19,21)(H,18,20,22). The molecule has 2 N–H and O–H groups in total. The van der Waals surface area contributed by atoms with Crippen molar-refractivity contribution in [2.24, 2.45) is 5.92 Å². The van der Waals surface area contributed by atoms with Crippen LogP contribution >= 0.6 is 27.3 Å². The molecule has 0 atom stereocenters. The van der Waals surface area contributed by atoms with Gasteiger partial charge in [-0.3, -0.25) is 14.9 Å². The SMILES string of the molecule is CC(C)COc1cc(F)ccc1NC(=O)C(=O)Nc1ncc(Br)s1. The normalized spacial score (nSPS) is 10.5. The average molecular weight is 416 g/mol. The summed E-state index contributed by atoms with van der Waals surface area (Å²) in [6, 6.07) is 3.68. The van der Waals surface area contributed by atoms with Gasteiger partial charge in [-0.1, -0.05) is 25.2 Å². The third-order valence-electron chi connectivity index (χ3n) is 2.67. The maximum Gasteiger partial charge on any atom is 0.315 e. The maximum atomic E-state index is 13.4. The highest BCUT2D eigenvalue weighted by atomic mass is 79.9. The summed E-state index contributed by atoms with van der Waals surface area (Å²) in [5.41, 5.74) is 0.220. The van der Waals surface area contributed by atoms with Crippen LogP contribution in [0.3, 0.4) is 0 Å². The van der Waals surface area contributed by atoms with Crippen molar-refractivity contribution in [1.82, 2.24) is 4.98 Å². The number of benzene rings is 1. The molecule has 2 rings (SSSR count). The fourth-order valence-electron chi connectivity index (χ4n) is 1.62. The molecule has 0 unspecified atom stereocenters. The molecule has 2 amide bonds. The number of ether oxygens (including phenoxy) is 1. The molecule has 0 aliphatic carbocycles. The van der Waals surface area contributed by atoms with Gasteiger partial charge in [0.25, 0.3) is 0 Å². The van der Waals surface area contributed by atoms with Crippen molar-refractivity contribution in [3.05, 3.63) is 34.0 Å². The van der Waals surface area contributed by atoms with Crippen molar-refractivity contribution >= 4 is 49.9 Å². The van der Waals surface area contributed by atoms with Gasteiger partial charge in [0, 0.05) is 6.07 Å². The first-order valence-electron chi connectivity index (χ1n) is 7.01. The maximum absolute atomic E-state index is 13.4. The summed E-state index contributed by atoms with van der Waals surface area (Å²) in [5.74, 6) is -1.88. The molecule has 1 aromatic carbocycles. The van der Waals surface area contributed by atoms with E-state index < -0.39 is 17.6 Å². The molecule has 2 aromatic rings. The van der Waals surface area contributed by atoms with E-state index in [-0.39, 0.29) is 22.5 Å². The number of thiazole rings is 1. The smallest absolute Gasteiger partial charge is 0.315 e. The molecule has 0 bridgehead atoms. The summed E-state index contributed by atoms with van der Waals surface area (Å²) in [6.45, 7) is 4.24. The number of rotatable bonds is 5. The van der Waals surface area contributed by atoms with Crippen LogP contribution in [0.1, 0.15) is 13.8 Å². The van der Waals surface area contributed by atoms with Crippen LogP contribution in [0.2, 0.25) is 0 Å². The van der Waals surface area contributed by atoms with E-state index in [1.54, 1.807) is 0 Å².